The second-order valence-corrected chi connectivity index (χ2v) is 6.49. The van der Waals surface area contributed by atoms with Crippen LogP contribution in [0.4, 0.5) is 0 Å². The van der Waals surface area contributed by atoms with Crippen LogP contribution in [-0.2, 0) is 21.5 Å². The summed E-state index contributed by atoms with van der Waals surface area (Å²) in [6.07, 6.45) is 0. The van der Waals surface area contributed by atoms with Gasteiger partial charge in [0.15, 0.2) is 0 Å². The van der Waals surface area contributed by atoms with Gasteiger partial charge in [-0.15, -0.1) is 0 Å². The third kappa shape index (κ3) is 5.09. The average Bonchev–Trinajstić information content (AvgIpc) is 2.53. The molecule has 0 radical (unpaired) electrons. The first kappa shape index (κ1) is 15.9. The third-order valence-electron chi connectivity index (χ3n) is 3.16. The van der Waals surface area contributed by atoms with E-state index in [0.717, 1.165) is 5.56 Å². The maximum Gasteiger partial charge on any atom is 0.280 e. The van der Waals surface area contributed by atoms with Crippen LogP contribution in [0, 0.1) is 0 Å². The lowest BCUT2D eigenvalue weighted by molar-refractivity contribution is -0.120. The standard InChI is InChI=1S/C13H20N4O3S/c18-13(15-10-12-4-2-1-3-5-12)11-16-21(19,20)17-8-6-14-7-9-17/h1-5,14,16H,6-11H2,(H,15,18). The lowest BCUT2D eigenvalue weighted by atomic mass is 10.2. The zero-order valence-corrected chi connectivity index (χ0v) is 12.5. The lowest BCUT2D eigenvalue weighted by Gasteiger charge is -2.26. The molecule has 116 valence electrons. The van der Waals surface area contributed by atoms with E-state index >= 15 is 0 Å². The van der Waals surface area contributed by atoms with Crippen molar-refractivity contribution >= 4 is 16.1 Å². The van der Waals surface area contributed by atoms with Crippen molar-refractivity contribution in [3.63, 3.8) is 0 Å². The van der Waals surface area contributed by atoms with Gasteiger partial charge in [-0.05, 0) is 5.56 Å². The van der Waals surface area contributed by atoms with Gasteiger partial charge in [-0.1, -0.05) is 30.3 Å². The van der Waals surface area contributed by atoms with Gasteiger partial charge < -0.3 is 10.6 Å². The van der Waals surface area contributed by atoms with Crippen LogP contribution >= 0.6 is 0 Å². The van der Waals surface area contributed by atoms with Gasteiger partial charge in [0, 0.05) is 32.7 Å². The largest absolute Gasteiger partial charge is 0.351 e. The van der Waals surface area contributed by atoms with Gasteiger partial charge in [0.05, 0.1) is 6.54 Å². The SMILES string of the molecule is O=C(CNS(=O)(=O)N1CCNCC1)NCc1ccccc1. The molecule has 1 aromatic carbocycles. The van der Waals surface area contributed by atoms with E-state index in [0.29, 0.717) is 32.7 Å². The summed E-state index contributed by atoms with van der Waals surface area (Å²) in [5.41, 5.74) is 0.968. The van der Waals surface area contributed by atoms with Crippen molar-refractivity contribution in [3.05, 3.63) is 35.9 Å². The number of nitrogens with zero attached hydrogens (tertiary/aromatic N) is 1. The first-order valence-electron chi connectivity index (χ1n) is 6.84. The third-order valence-corrected chi connectivity index (χ3v) is 4.72. The van der Waals surface area contributed by atoms with Crippen molar-refractivity contribution in [2.75, 3.05) is 32.7 Å². The quantitative estimate of drug-likeness (QED) is 0.631. The molecule has 3 N–H and O–H groups in total. The van der Waals surface area contributed by atoms with Crippen LogP contribution in [0.2, 0.25) is 0 Å². The van der Waals surface area contributed by atoms with Gasteiger partial charge in [0.25, 0.3) is 10.2 Å². The van der Waals surface area contributed by atoms with Crippen molar-refractivity contribution in [2.45, 2.75) is 6.54 Å². The number of amides is 1. The molecule has 1 saturated heterocycles. The molecule has 21 heavy (non-hydrogen) atoms. The van der Waals surface area contributed by atoms with Gasteiger partial charge in [0.2, 0.25) is 5.91 Å². The van der Waals surface area contributed by atoms with Crippen LogP contribution in [0.1, 0.15) is 5.56 Å². The van der Waals surface area contributed by atoms with Crippen molar-refractivity contribution in [2.24, 2.45) is 0 Å². The molecule has 1 aliphatic rings. The Morgan fingerprint density at radius 1 is 1.19 bits per heavy atom. The summed E-state index contributed by atoms with van der Waals surface area (Å²) in [6.45, 7) is 2.22. The molecule has 0 aromatic heterocycles. The summed E-state index contributed by atoms with van der Waals surface area (Å²) in [4.78, 5) is 11.7. The van der Waals surface area contributed by atoms with Crippen molar-refractivity contribution < 1.29 is 13.2 Å². The number of benzene rings is 1. The van der Waals surface area contributed by atoms with Gasteiger partial charge in [0.1, 0.15) is 0 Å². The van der Waals surface area contributed by atoms with E-state index in [9.17, 15) is 13.2 Å². The monoisotopic (exact) mass is 312 g/mol. The van der Waals surface area contributed by atoms with Crippen LogP contribution in [0.5, 0.6) is 0 Å². The van der Waals surface area contributed by atoms with Gasteiger partial charge in [-0.2, -0.15) is 17.4 Å². The maximum atomic E-state index is 12.0. The van der Waals surface area contributed by atoms with Crippen LogP contribution in [0.3, 0.4) is 0 Å². The molecule has 0 bridgehead atoms. The Hall–Kier alpha value is -1.48. The molecular formula is C13H20N4O3S. The van der Waals surface area contributed by atoms with E-state index in [1.165, 1.54) is 4.31 Å². The molecule has 0 unspecified atom stereocenters. The summed E-state index contributed by atoms with van der Waals surface area (Å²) in [7, 11) is -3.58. The van der Waals surface area contributed by atoms with Crippen molar-refractivity contribution in [1.82, 2.24) is 19.7 Å². The number of nitrogens with one attached hydrogen (secondary N) is 3. The molecule has 0 spiro atoms. The minimum Gasteiger partial charge on any atom is -0.351 e. The summed E-state index contributed by atoms with van der Waals surface area (Å²) in [5, 5.41) is 5.75. The average molecular weight is 312 g/mol. The molecule has 0 atom stereocenters. The van der Waals surface area contributed by atoms with Crippen LogP contribution in [-0.4, -0.2) is 51.4 Å². The smallest absolute Gasteiger partial charge is 0.280 e. The normalized spacial score (nSPS) is 16.6. The van der Waals surface area contributed by atoms with Crippen molar-refractivity contribution in [3.8, 4) is 0 Å². The van der Waals surface area contributed by atoms with Gasteiger partial charge >= 0.3 is 0 Å². The Kier molecular flexibility index (Phi) is 5.68. The van der Waals surface area contributed by atoms with Crippen LogP contribution in [0.15, 0.2) is 30.3 Å². The maximum absolute atomic E-state index is 12.0. The minimum atomic E-state index is -3.58. The first-order valence-corrected chi connectivity index (χ1v) is 8.28. The molecule has 1 amide bonds. The number of piperazine rings is 1. The van der Waals surface area contributed by atoms with E-state index in [1.54, 1.807) is 0 Å². The molecule has 8 heteroatoms. The van der Waals surface area contributed by atoms with Crippen molar-refractivity contribution in [1.29, 1.82) is 0 Å². The number of hydrogen-bond acceptors (Lipinski definition) is 4. The molecule has 0 saturated carbocycles. The second-order valence-electron chi connectivity index (χ2n) is 4.74. The highest BCUT2D eigenvalue weighted by Gasteiger charge is 2.23. The zero-order valence-electron chi connectivity index (χ0n) is 11.7. The summed E-state index contributed by atoms with van der Waals surface area (Å²) >= 11 is 0. The van der Waals surface area contributed by atoms with E-state index in [2.05, 4.69) is 15.4 Å². The molecule has 1 aliphatic heterocycles. The fourth-order valence-electron chi connectivity index (χ4n) is 1.99. The van der Waals surface area contributed by atoms with E-state index < -0.39 is 10.2 Å². The molecule has 2 rings (SSSR count). The molecule has 7 nitrogen and oxygen atoms in total. The number of hydrogen-bond donors (Lipinski definition) is 3. The fraction of sp³-hybridized carbons (Fsp3) is 0.462. The fourth-order valence-corrected chi connectivity index (χ4v) is 3.15. The van der Waals surface area contributed by atoms with Gasteiger partial charge in [-0.3, -0.25) is 4.79 Å². The number of carbonyl (C=O) groups is 1. The first-order chi connectivity index (χ1) is 10.1. The zero-order chi connectivity index (χ0) is 15.1. The highest BCUT2D eigenvalue weighted by atomic mass is 32.2. The molecule has 0 aliphatic carbocycles. The Morgan fingerprint density at radius 2 is 1.86 bits per heavy atom. The van der Waals surface area contributed by atoms with E-state index in [1.807, 2.05) is 30.3 Å². The van der Waals surface area contributed by atoms with Gasteiger partial charge in [-0.25, -0.2) is 0 Å². The Labute approximate surface area is 124 Å². The molecule has 1 fully saturated rings. The second kappa shape index (κ2) is 7.51. The predicted octanol–water partition coefficient (Wildman–Crippen LogP) is -0.958. The predicted molar refractivity (Wildman–Crippen MR) is 79.7 cm³/mol. The molecule has 1 aromatic rings. The summed E-state index contributed by atoms with van der Waals surface area (Å²) in [6, 6.07) is 9.45. The van der Waals surface area contributed by atoms with Crippen LogP contribution < -0.4 is 15.4 Å². The van der Waals surface area contributed by atoms with E-state index in [-0.39, 0.29) is 12.5 Å². The highest BCUT2D eigenvalue weighted by molar-refractivity contribution is 7.87. The Morgan fingerprint density at radius 3 is 2.52 bits per heavy atom. The van der Waals surface area contributed by atoms with E-state index in [4.69, 9.17) is 0 Å². The minimum absolute atomic E-state index is 0.251. The molecule has 1 heterocycles. The Balaban J connectivity index is 1.75. The topological polar surface area (TPSA) is 90.5 Å². The highest BCUT2D eigenvalue weighted by Crippen LogP contribution is 2.00. The Bertz CT molecular complexity index is 556. The summed E-state index contributed by atoms with van der Waals surface area (Å²) in [5.74, 6) is -0.349. The number of carbonyl (C=O) groups excluding carboxylic acids is 1. The summed E-state index contributed by atoms with van der Waals surface area (Å²) < 4.78 is 27.6. The van der Waals surface area contributed by atoms with Crippen LogP contribution in [0.25, 0.3) is 0 Å². The number of rotatable bonds is 6. The lowest BCUT2D eigenvalue weighted by Crippen LogP contribution is -2.51. The molecular weight excluding hydrogens is 292 g/mol.